The Labute approximate surface area is 115 Å². The number of aliphatic hydroxyl groups excluding tert-OH is 1. The molecule has 18 heavy (non-hydrogen) atoms. The number of benzene rings is 1. The summed E-state index contributed by atoms with van der Waals surface area (Å²) in [7, 11) is 0. The van der Waals surface area contributed by atoms with Gasteiger partial charge in [0, 0.05) is 6.54 Å². The second-order valence-electron chi connectivity index (χ2n) is 4.58. The van der Waals surface area contributed by atoms with Gasteiger partial charge in [0.1, 0.15) is 5.75 Å². The van der Waals surface area contributed by atoms with E-state index in [1.165, 1.54) is 0 Å². The Morgan fingerprint density at radius 1 is 1.44 bits per heavy atom. The highest BCUT2D eigenvalue weighted by molar-refractivity contribution is 9.10. The van der Waals surface area contributed by atoms with Crippen molar-refractivity contribution in [1.29, 1.82) is 0 Å². The summed E-state index contributed by atoms with van der Waals surface area (Å²) < 4.78 is 0.594. The molecule has 1 amide bonds. The van der Waals surface area contributed by atoms with Crippen molar-refractivity contribution in [2.24, 2.45) is 5.92 Å². The summed E-state index contributed by atoms with van der Waals surface area (Å²) >= 11 is 3.21. The molecule has 1 unspecified atom stereocenters. The lowest BCUT2D eigenvalue weighted by Gasteiger charge is -2.14. The zero-order valence-electron chi connectivity index (χ0n) is 10.5. The number of carbonyl (C=O) groups is 1. The minimum absolute atomic E-state index is 0.0681. The van der Waals surface area contributed by atoms with Gasteiger partial charge in [-0.15, -0.1) is 0 Å². The summed E-state index contributed by atoms with van der Waals surface area (Å²) in [6, 6.07) is 5.04. The van der Waals surface area contributed by atoms with E-state index in [1.807, 2.05) is 13.8 Å². The number of carbonyl (C=O) groups excluding carboxylic acids is 1. The highest BCUT2D eigenvalue weighted by atomic mass is 79.9. The molecule has 100 valence electrons. The van der Waals surface area contributed by atoms with Crippen molar-refractivity contribution in [1.82, 2.24) is 5.32 Å². The third kappa shape index (κ3) is 4.66. The number of aliphatic hydroxyl groups is 1. The molecule has 4 nitrogen and oxygen atoms in total. The zero-order valence-corrected chi connectivity index (χ0v) is 12.1. The molecular formula is C13H18BrNO3. The van der Waals surface area contributed by atoms with E-state index < -0.39 is 6.10 Å². The van der Waals surface area contributed by atoms with Gasteiger partial charge < -0.3 is 15.5 Å². The molecule has 1 atom stereocenters. The van der Waals surface area contributed by atoms with Gasteiger partial charge in [-0.1, -0.05) is 19.9 Å². The molecule has 0 fully saturated rings. The lowest BCUT2D eigenvalue weighted by atomic mass is 10.0. The molecule has 0 radical (unpaired) electrons. The van der Waals surface area contributed by atoms with E-state index in [9.17, 15) is 15.0 Å². The fourth-order valence-corrected chi connectivity index (χ4v) is 1.79. The minimum Gasteiger partial charge on any atom is -0.507 e. The van der Waals surface area contributed by atoms with Crippen molar-refractivity contribution in [3.8, 4) is 5.75 Å². The SMILES string of the molecule is CC(C)C(O)CC(=O)NCc1ccc(O)c(Br)c1. The molecule has 1 rings (SSSR count). The molecule has 0 spiro atoms. The standard InChI is InChI=1S/C13H18BrNO3/c1-8(2)12(17)6-13(18)15-7-9-3-4-11(16)10(14)5-9/h3-5,8,12,16-17H,6-7H2,1-2H3,(H,15,18). The number of hydrogen-bond donors (Lipinski definition) is 3. The number of aromatic hydroxyl groups is 1. The zero-order chi connectivity index (χ0) is 13.7. The molecular weight excluding hydrogens is 298 g/mol. The monoisotopic (exact) mass is 315 g/mol. The molecule has 3 N–H and O–H groups in total. The lowest BCUT2D eigenvalue weighted by molar-refractivity contribution is -0.123. The number of phenolic OH excluding ortho intramolecular Hbond substituents is 1. The average Bonchev–Trinajstić information content (AvgIpc) is 2.30. The summed E-state index contributed by atoms with van der Waals surface area (Å²) in [6.45, 7) is 4.12. The predicted octanol–water partition coefficient (Wildman–Crippen LogP) is 2.18. The summed E-state index contributed by atoms with van der Waals surface area (Å²) in [5.74, 6) is 0.0549. The first-order chi connectivity index (χ1) is 8.40. The van der Waals surface area contributed by atoms with Gasteiger partial charge in [-0.3, -0.25) is 4.79 Å². The molecule has 0 aliphatic heterocycles. The van der Waals surface area contributed by atoms with Gasteiger partial charge >= 0.3 is 0 Å². The van der Waals surface area contributed by atoms with E-state index in [2.05, 4.69) is 21.2 Å². The van der Waals surface area contributed by atoms with E-state index in [0.717, 1.165) is 5.56 Å². The van der Waals surface area contributed by atoms with Crippen LogP contribution in [0.25, 0.3) is 0 Å². The summed E-state index contributed by atoms with van der Waals surface area (Å²) in [4.78, 5) is 11.6. The summed E-state index contributed by atoms with van der Waals surface area (Å²) in [6.07, 6.45) is -0.506. The molecule has 0 aromatic heterocycles. The van der Waals surface area contributed by atoms with E-state index in [4.69, 9.17) is 0 Å². The Morgan fingerprint density at radius 2 is 2.11 bits per heavy atom. The Hall–Kier alpha value is -1.07. The normalized spacial score (nSPS) is 12.5. The second kappa shape index (κ2) is 6.75. The van der Waals surface area contributed by atoms with Gasteiger partial charge in [-0.2, -0.15) is 0 Å². The molecule has 5 heteroatoms. The van der Waals surface area contributed by atoms with Crippen LogP contribution in [0.1, 0.15) is 25.8 Å². The molecule has 0 bridgehead atoms. The number of hydrogen-bond acceptors (Lipinski definition) is 3. The molecule has 0 heterocycles. The Kier molecular flexibility index (Phi) is 5.62. The number of rotatable bonds is 5. The average molecular weight is 316 g/mol. The molecule has 1 aromatic carbocycles. The van der Waals surface area contributed by atoms with Gasteiger partial charge in [0.15, 0.2) is 0 Å². The van der Waals surface area contributed by atoms with Crippen LogP contribution in [0.15, 0.2) is 22.7 Å². The van der Waals surface area contributed by atoms with Crippen LogP contribution in [0.4, 0.5) is 0 Å². The maximum absolute atomic E-state index is 11.6. The topological polar surface area (TPSA) is 69.6 Å². The Morgan fingerprint density at radius 3 is 2.67 bits per heavy atom. The number of amides is 1. The Balaban J connectivity index is 2.45. The smallest absolute Gasteiger partial charge is 0.222 e. The maximum Gasteiger partial charge on any atom is 0.222 e. The van der Waals surface area contributed by atoms with Crippen LogP contribution in [0, 0.1) is 5.92 Å². The van der Waals surface area contributed by atoms with Crippen molar-refractivity contribution in [3.05, 3.63) is 28.2 Å². The first-order valence-corrected chi connectivity index (χ1v) is 6.61. The van der Waals surface area contributed by atoms with Crippen LogP contribution in [-0.4, -0.2) is 22.2 Å². The third-order valence-corrected chi connectivity index (χ3v) is 3.30. The van der Waals surface area contributed by atoms with Gasteiger partial charge in [-0.05, 0) is 39.5 Å². The summed E-state index contributed by atoms with van der Waals surface area (Å²) in [5.41, 5.74) is 0.882. The first kappa shape index (κ1) is 15.0. The molecule has 0 saturated carbocycles. The predicted molar refractivity (Wildman–Crippen MR) is 73.1 cm³/mol. The van der Waals surface area contributed by atoms with Crippen molar-refractivity contribution in [2.75, 3.05) is 0 Å². The molecule has 0 aliphatic rings. The van der Waals surface area contributed by atoms with Gasteiger partial charge in [-0.25, -0.2) is 0 Å². The Bertz CT molecular complexity index is 421. The van der Waals surface area contributed by atoms with Gasteiger partial charge in [0.05, 0.1) is 17.0 Å². The maximum atomic E-state index is 11.6. The van der Waals surface area contributed by atoms with Crippen LogP contribution < -0.4 is 5.32 Å². The lowest BCUT2D eigenvalue weighted by Crippen LogP contribution is -2.29. The van der Waals surface area contributed by atoms with Gasteiger partial charge in [0.25, 0.3) is 0 Å². The van der Waals surface area contributed by atoms with E-state index in [1.54, 1.807) is 18.2 Å². The number of phenols is 1. The van der Waals surface area contributed by atoms with Crippen LogP contribution in [0.3, 0.4) is 0 Å². The fraction of sp³-hybridized carbons (Fsp3) is 0.462. The third-order valence-electron chi connectivity index (χ3n) is 2.67. The van der Waals surface area contributed by atoms with Crippen molar-refractivity contribution >= 4 is 21.8 Å². The second-order valence-corrected chi connectivity index (χ2v) is 5.43. The van der Waals surface area contributed by atoms with Crippen LogP contribution in [0.2, 0.25) is 0 Å². The molecule has 1 aromatic rings. The number of halogens is 1. The van der Waals surface area contributed by atoms with Gasteiger partial charge in [0.2, 0.25) is 5.91 Å². The highest BCUT2D eigenvalue weighted by Gasteiger charge is 2.13. The van der Waals surface area contributed by atoms with Crippen molar-refractivity contribution in [2.45, 2.75) is 32.9 Å². The van der Waals surface area contributed by atoms with Crippen molar-refractivity contribution < 1.29 is 15.0 Å². The van der Waals surface area contributed by atoms with E-state index >= 15 is 0 Å². The molecule has 0 saturated heterocycles. The van der Waals surface area contributed by atoms with E-state index in [-0.39, 0.29) is 24.0 Å². The van der Waals surface area contributed by atoms with Crippen molar-refractivity contribution in [3.63, 3.8) is 0 Å². The minimum atomic E-state index is -0.614. The first-order valence-electron chi connectivity index (χ1n) is 5.82. The highest BCUT2D eigenvalue weighted by Crippen LogP contribution is 2.24. The van der Waals surface area contributed by atoms with Crippen LogP contribution >= 0.6 is 15.9 Å². The van der Waals surface area contributed by atoms with Crippen LogP contribution in [-0.2, 0) is 11.3 Å². The fourth-order valence-electron chi connectivity index (χ4n) is 1.36. The van der Waals surface area contributed by atoms with Crippen LogP contribution in [0.5, 0.6) is 5.75 Å². The number of nitrogens with one attached hydrogen (secondary N) is 1. The van der Waals surface area contributed by atoms with E-state index in [0.29, 0.717) is 11.0 Å². The quantitative estimate of drug-likeness (QED) is 0.780. The molecule has 0 aliphatic carbocycles. The summed E-state index contributed by atoms with van der Waals surface area (Å²) in [5, 5.41) is 21.6. The largest absolute Gasteiger partial charge is 0.507 e.